The second-order valence-corrected chi connectivity index (χ2v) is 7.37. The van der Waals surface area contributed by atoms with Crippen molar-refractivity contribution < 1.29 is 9.53 Å². The van der Waals surface area contributed by atoms with Crippen LogP contribution in [0.1, 0.15) is 30.8 Å². The maximum Gasteiger partial charge on any atom is 0.291 e. The number of amides is 1. The van der Waals surface area contributed by atoms with E-state index in [0.29, 0.717) is 29.2 Å². The predicted molar refractivity (Wildman–Crippen MR) is 117 cm³/mol. The van der Waals surface area contributed by atoms with Gasteiger partial charge in [0.1, 0.15) is 23.1 Å². The van der Waals surface area contributed by atoms with Crippen molar-refractivity contribution in [2.24, 2.45) is 0 Å². The monoisotopic (exact) mass is 404 g/mol. The smallest absolute Gasteiger partial charge is 0.291 e. The number of hydrogen-bond donors (Lipinski definition) is 1. The Hall–Kier alpha value is -3.61. The van der Waals surface area contributed by atoms with E-state index in [0.717, 1.165) is 16.5 Å². The molecule has 0 aliphatic rings. The number of hydrogen-bond acceptors (Lipinski definition) is 4. The van der Waals surface area contributed by atoms with Crippen LogP contribution in [0.15, 0.2) is 53.3 Å². The first-order valence-corrected chi connectivity index (χ1v) is 9.89. The van der Waals surface area contributed by atoms with Gasteiger partial charge in [0.25, 0.3) is 5.56 Å². The molecule has 0 saturated heterocycles. The van der Waals surface area contributed by atoms with Crippen LogP contribution in [0.5, 0.6) is 5.75 Å². The maximum absolute atomic E-state index is 13.3. The lowest BCUT2D eigenvalue weighted by molar-refractivity contribution is -0.119. The minimum Gasteiger partial charge on any atom is -0.497 e. The van der Waals surface area contributed by atoms with Crippen molar-refractivity contribution in [3.8, 4) is 5.75 Å². The van der Waals surface area contributed by atoms with E-state index in [-0.39, 0.29) is 11.5 Å². The molecule has 0 radical (unpaired) electrons. The lowest BCUT2D eigenvalue weighted by Gasteiger charge is -2.18. The number of carbonyl (C=O) groups excluding carboxylic acids is 1. The average molecular weight is 404 g/mol. The molecule has 7 nitrogen and oxygen atoms in total. The second kappa shape index (κ2) is 7.67. The number of aromatic nitrogens is 3. The number of anilines is 1. The van der Waals surface area contributed by atoms with E-state index < -0.39 is 6.04 Å². The van der Waals surface area contributed by atoms with Gasteiger partial charge >= 0.3 is 0 Å². The van der Waals surface area contributed by atoms with Gasteiger partial charge in [-0.05, 0) is 50.6 Å². The van der Waals surface area contributed by atoms with Crippen LogP contribution in [0.25, 0.3) is 16.4 Å². The van der Waals surface area contributed by atoms with Crippen LogP contribution in [-0.4, -0.2) is 27.2 Å². The van der Waals surface area contributed by atoms with Crippen molar-refractivity contribution in [3.05, 3.63) is 70.3 Å². The Kier molecular flexibility index (Phi) is 5.03. The zero-order chi connectivity index (χ0) is 21.4. The molecule has 2 heterocycles. The quantitative estimate of drug-likeness (QED) is 0.548. The van der Waals surface area contributed by atoms with Gasteiger partial charge in [0.05, 0.1) is 12.6 Å². The van der Waals surface area contributed by atoms with Gasteiger partial charge in [-0.25, -0.2) is 4.68 Å². The fraction of sp³-hybridized carbons (Fsp3) is 0.261. The zero-order valence-electron chi connectivity index (χ0n) is 17.5. The summed E-state index contributed by atoms with van der Waals surface area (Å²) >= 11 is 0. The molecular weight excluding hydrogens is 380 g/mol. The topological polar surface area (TPSA) is 77.6 Å². The molecule has 0 bridgehead atoms. The van der Waals surface area contributed by atoms with E-state index in [2.05, 4.69) is 10.4 Å². The molecule has 0 fully saturated rings. The standard InChI is InChI=1S/C23H24N4O3/c1-5-19(22(28)24-17-7-6-8-18(13-17)30-4)27-23(29)21-12-16-11-14(2)9-10-20(16)26(21)15(3)25-27/h6-13,19H,5H2,1-4H3,(H,24,28). The molecule has 1 unspecified atom stereocenters. The maximum atomic E-state index is 13.3. The third-order valence-corrected chi connectivity index (χ3v) is 5.28. The molecular formula is C23H24N4O3. The number of benzene rings is 2. The first-order valence-electron chi connectivity index (χ1n) is 9.89. The lowest BCUT2D eigenvalue weighted by Crippen LogP contribution is -2.36. The molecule has 30 heavy (non-hydrogen) atoms. The van der Waals surface area contributed by atoms with E-state index in [1.165, 1.54) is 4.68 Å². The number of nitrogens with one attached hydrogen (secondary N) is 1. The highest BCUT2D eigenvalue weighted by Gasteiger charge is 2.24. The molecule has 4 rings (SSSR count). The number of ether oxygens (including phenoxy) is 1. The minimum absolute atomic E-state index is 0.290. The number of methoxy groups -OCH3 is 1. The predicted octanol–water partition coefficient (Wildman–Crippen LogP) is 3.86. The van der Waals surface area contributed by atoms with Crippen LogP contribution >= 0.6 is 0 Å². The normalized spacial score (nSPS) is 12.3. The summed E-state index contributed by atoms with van der Waals surface area (Å²) in [5.41, 5.74) is 2.87. The van der Waals surface area contributed by atoms with Gasteiger partial charge in [-0.2, -0.15) is 5.10 Å². The molecule has 7 heteroatoms. The number of rotatable bonds is 5. The minimum atomic E-state index is -0.729. The first kappa shape index (κ1) is 19.7. The summed E-state index contributed by atoms with van der Waals surface area (Å²) in [5, 5.41) is 8.34. The number of fused-ring (bicyclic) bond motifs is 3. The molecule has 0 saturated carbocycles. The molecule has 0 spiro atoms. The van der Waals surface area contributed by atoms with E-state index in [1.807, 2.05) is 49.4 Å². The van der Waals surface area contributed by atoms with Crippen molar-refractivity contribution >= 4 is 28.0 Å². The third-order valence-electron chi connectivity index (χ3n) is 5.28. The SMILES string of the molecule is CCC(C(=O)Nc1cccc(OC)c1)n1nc(C)n2c(cc3cc(C)ccc32)c1=O. The van der Waals surface area contributed by atoms with E-state index in [9.17, 15) is 9.59 Å². The summed E-state index contributed by atoms with van der Waals surface area (Å²) in [7, 11) is 1.57. The Labute approximate surface area is 173 Å². The van der Waals surface area contributed by atoms with E-state index in [4.69, 9.17) is 4.74 Å². The summed E-state index contributed by atoms with van der Waals surface area (Å²) in [6, 6.07) is 14.3. The fourth-order valence-electron chi connectivity index (χ4n) is 3.81. The van der Waals surface area contributed by atoms with Gasteiger partial charge in [0, 0.05) is 17.1 Å². The highest BCUT2D eigenvalue weighted by Crippen LogP contribution is 2.22. The molecule has 2 aromatic heterocycles. The molecule has 0 aliphatic carbocycles. The summed E-state index contributed by atoms with van der Waals surface area (Å²) in [5.74, 6) is 0.996. The average Bonchev–Trinajstić information content (AvgIpc) is 3.11. The van der Waals surface area contributed by atoms with Crippen LogP contribution in [0.2, 0.25) is 0 Å². The van der Waals surface area contributed by atoms with Gasteiger partial charge in [0.2, 0.25) is 5.91 Å². The number of carbonyl (C=O) groups is 1. The van der Waals surface area contributed by atoms with Crippen molar-refractivity contribution in [2.75, 3.05) is 12.4 Å². The van der Waals surface area contributed by atoms with Crippen LogP contribution in [-0.2, 0) is 4.79 Å². The highest BCUT2D eigenvalue weighted by molar-refractivity contribution is 5.94. The van der Waals surface area contributed by atoms with Crippen molar-refractivity contribution in [1.82, 2.24) is 14.2 Å². The largest absolute Gasteiger partial charge is 0.497 e. The van der Waals surface area contributed by atoms with E-state index >= 15 is 0 Å². The Morgan fingerprint density at radius 2 is 1.93 bits per heavy atom. The van der Waals surface area contributed by atoms with Gasteiger partial charge in [-0.15, -0.1) is 0 Å². The van der Waals surface area contributed by atoms with Gasteiger partial charge in [-0.1, -0.05) is 24.6 Å². The van der Waals surface area contributed by atoms with Crippen LogP contribution in [0, 0.1) is 13.8 Å². The number of nitrogens with zero attached hydrogens (tertiary/aromatic N) is 3. The second-order valence-electron chi connectivity index (χ2n) is 7.37. The van der Waals surface area contributed by atoms with Crippen LogP contribution in [0.4, 0.5) is 5.69 Å². The Balaban J connectivity index is 1.78. The third kappa shape index (κ3) is 3.32. The van der Waals surface area contributed by atoms with Gasteiger partial charge < -0.3 is 10.1 Å². The van der Waals surface area contributed by atoms with Crippen molar-refractivity contribution in [2.45, 2.75) is 33.2 Å². The van der Waals surface area contributed by atoms with Crippen molar-refractivity contribution in [1.29, 1.82) is 0 Å². The molecule has 0 aliphatic heterocycles. The van der Waals surface area contributed by atoms with E-state index in [1.54, 1.807) is 31.4 Å². The summed E-state index contributed by atoms with van der Waals surface area (Å²) in [4.78, 5) is 26.3. The first-order chi connectivity index (χ1) is 14.4. The van der Waals surface area contributed by atoms with Gasteiger partial charge in [-0.3, -0.25) is 14.0 Å². The van der Waals surface area contributed by atoms with Crippen molar-refractivity contribution in [3.63, 3.8) is 0 Å². The summed E-state index contributed by atoms with van der Waals surface area (Å²) in [6.07, 6.45) is 0.428. The Bertz CT molecular complexity index is 1320. The number of aryl methyl sites for hydroxylation is 2. The highest BCUT2D eigenvalue weighted by atomic mass is 16.5. The van der Waals surface area contributed by atoms with Crippen LogP contribution < -0.4 is 15.6 Å². The molecule has 154 valence electrons. The molecule has 1 N–H and O–H groups in total. The molecule has 1 atom stereocenters. The summed E-state index contributed by atoms with van der Waals surface area (Å²) in [6.45, 7) is 5.72. The van der Waals surface area contributed by atoms with Gasteiger partial charge in [0.15, 0.2) is 0 Å². The lowest BCUT2D eigenvalue weighted by atomic mass is 10.2. The summed E-state index contributed by atoms with van der Waals surface area (Å²) < 4.78 is 8.35. The zero-order valence-corrected chi connectivity index (χ0v) is 17.5. The Morgan fingerprint density at radius 3 is 2.67 bits per heavy atom. The fourth-order valence-corrected chi connectivity index (χ4v) is 3.81. The molecule has 1 amide bonds. The molecule has 4 aromatic rings. The van der Waals surface area contributed by atoms with Crippen LogP contribution in [0.3, 0.4) is 0 Å². The Morgan fingerprint density at radius 1 is 1.13 bits per heavy atom. The molecule has 2 aromatic carbocycles.